The van der Waals surface area contributed by atoms with Crippen molar-refractivity contribution in [2.75, 3.05) is 13.2 Å². The lowest BCUT2D eigenvalue weighted by Crippen LogP contribution is -2.34. The van der Waals surface area contributed by atoms with Crippen molar-refractivity contribution < 1.29 is 19.1 Å². The zero-order chi connectivity index (χ0) is 19.6. The van der Waals surface area contributed by atoms with E-state index in [0.717, 1.165) is 39.7 Å². The molecule has 1 aliphatic heterocycles. The van der Waals surface area contributed by atoms with E-state index in [1.165, 1.54) is 0 Å². The van der Waals surface area contributed by atoms with E-state index < -0.39 is 17.1 Å². The van der Waals surface area contributed by atoms with E-state index in [1.54, 1.807) is 6.08 Å². The lowest BCUT2D eigenvalue weighted by Gasteiger charge is -2.12. The van der Waals surface area contributed by atoms with Crippen molar-refractivity contribution in [1.82, 2.24) is 9.47 Å². The van der Waals surface area contributed by atoms with Gasteiger partial charge in [0.05, 0.1) is 11.5 Å². The van der Waals surface area contributed by atoms with Gasteiger partial charge in [0.15, 0.2) is 0 Å². The molecule has 0 aliphatic carbocycles. The number of imide groups is 1. The molecule has 0 unspecified atom stereocenters. The van der Waals surface area contributed by atoms with Gasteiger partial charge in [0.1, 0.15) is 6.54 Å². The average Bonchev–Trinajstić information content (AvgIpc) is 3.13. The van der Waals surface area contributed by atoms with E-state index in [9.17, 15) is 14.4 Å². The highest BCUT2D eigenvalue weighted by Gasteiger charge is 2.36. The van der Waals surface area contributed by atoms with E-state index in [4.69, 9.17) is 4.74 Å². The maximum atomic E-state index is 12.6. The summed E-state index contributed by atoms with van der Waals surface area (Å²) in [7, 11) is 0. The van der Waals surface area contributed by atoms with Gasteiger partial charge in [0.25, 0.3) is 11.1 Å². The van der Waals surface area contributed by atoms with Gasteiger partial charge >= 0.3 is 5.97 Å². The first-order valence-corrected chi connectivity index (χ1v) is 9.71. The average molecular weight is 386 g/mol. The number of nitrogens with zero attached hydrogens (tertiary/aromatic N) is 2. The Hall–Kier alpha value is -2.54. The molecule has 0 N–H and O–H groups in total. The smallest absolute Gasteiger partial charge is 0.326 e. The van der Waals surface area contributed by atoms with Crippen molar-refractivity contribution in [3.8, 4) is 0 Å². The lowest BCUT2D eigenvalue weighted by molar-refractivity contribution is -0.147. The van der Waals surface area contributed by atoms with Crippen molar-refractivity contribution in [2.45, 2.75) is 27.3 Å². The molecule has 142 valence electrons. The summed E-state index contributed by atoms with van der Waals surface area (Å²) in [4.78, 5) is 37.9. The number of carbonyl (C=O) groups excluding carboxylic acids is 3. The monoisotopic (exact) mass is 386 g/mol. The summed E-state index contributed by atoms with van der Waals surface area (Å²) in [6.45, 7) is 6.60. The molecule has 1 fully saturated rings. The van der Waals surface area contributed by atoms with Crippen LogP contribution in [-0.2, 0) is 20.9 Å². The number of fused-ring (bicyclic) bond motifs is 1. The molecule has 6 nitrogen and oxygen atoms in total. The molecule has 2 amide bonds. The van der Waals surface area contributed by atoms with Crippen LogP contribution in [0.5, 0.6) is 0 Å². The number of aromatic nitrogens is 1. The number of rotatable bonds is 6. The Kier molecular flexibility index (Phi) is 5.70. The Bertz CT molecular complexity index is 929. The van der Waals surface area contributed by atoms with E-state index in [-0.39, 0.29) is 19.1 Å². The van der Waals surface area contributed by atoms with Crippen LogP contribution in [0.2, 0.25) is 0 Å². The van der Waals surface area contributed by atoms with Crippen LogP contribution in [0.15, 0.2) is 35.4 Å². The fourth-order valence-corrected chi connectivity index (χ4v) is 3.69. The fourth-order valence-electron chi connectivity index (χ4n) is 2.86. The van der Waals surface area contributed by atoms with Crippen molar-refractivity contribution in [1.29, 1.82) is 0 Å². The largest absolute Gasteiger partial charge is 0.464 e. The molecule has 7 heteroatoms. The van der Waals surface area contributed by atoms with Gasteiger partial charge in [-0.3, -0.25) is 19.3 Å². The van der Waals surface area contributed by atoms with E-state index >= 15 is 0 Å². The number of amides is 2. The highest BCUT2D eigenvalue weighted by molar-refractivity contribution is 8.18. The molecule has 0 bridgehead atoms. The van der Waals surface area contributed by atoms with Crippen LogP contribution in [0.3, 0.4) is 0 Å². The quantitative estimate of drug-likeness (QED) is 0.556. The minimum atomic E-state index is -0.574. The fraction of sp³-hybridized carbons (Fsp3) is 0.350. The third kappa shape index (κ3) is 4.08. The number of para-hydroxylation sites is 1. The van der Waals surface area contributed by atoms with Gasteiger partial charge in [-0.2, -0.15) is 0 Å². The number of ether oxygens (including phenoxy) is 1. The normalized spacial score (nSPS) is 16.1. The Morgan fingerprint density at radius 2 is 2.00 bits per heavy atom. The molecule has 0 atom stereocenters. The third-order valence-corrected chi connectivity index (χ3v) is 5.09. The predicted molar refractivity (Wildman–Crippen MR) is 106 cm³/mol. The molecule has 0 radical (unpaired) electrons. The number of esters is 1. The van der Waals surface area contributed by atoms with Crippen LogP contribution in [0.4, 0.5) is 4.79 Å². The van der Waals surface area contributed by atoms with Crippen LogP contribution in [-0.4, -0.2) is 39.7 Å². The molecule has 2 aromatic rings. The van der Waals surface area contributed by atoms with Crippen molar-refractivity contribution >= 4 is 45.9 Å². The molecule has 1 aromatic heterocycles. The number of benzene rings is 1. The van der Waals surface area contributed by atoms with Crippen LogP contribution in [0.25, 0.3) is 17.0 Å². The van der Waals surface area contributed by atoms with Crippen molar-refractivity contribution in [3.63, 3.8) is 0 Å². The number of carbonyl (C=O) groups is 3. The van der Waals surface area contributed by atoms with Crippen LogP contribution < -0.4 is 0 Å². The Morgan fingerprint density at radius 3 is 2.70 bits per heavy atom. The maximum Gasteiger partial charge on any atom is 0.326 e. The lowest BCUT2D eigenvalue weighted by atomic mass is 10.1. The van der Waals surface area contributed by atoms with E-state index in [2.05, 4.69) is 4.57 Å². The summed E-state index contributed by atoms with van der Waals surface area (Å²) >= 11 is 0.850. The van der Waals surface area contributed by atoms with Gasteiger partial charge in [-0.1, -0.05) is 32.0 Å². The second kappa shape index (κ2) is 8.00. The highest BCUT2D eigenvalue weighted by atomic mass is 32.2. The van der Waals surface area contributed by atoms with Crippen molar-refractivity contribution in [2.24, 2.45) is 5.92 Å². The van der Waals surface area contributed by atoms with Crippen LogP contribution >= 0.6 is 11.8 Å². The van der Waals surface area contributed by atoms with Crippen LogP contribution in [0, 0.1) is 5.92 Å². The summed E-state index contributed by atoms with van der Waals surface area (Å²) in [5.74, 6) is -0.839. The molecule has 1 saturated heterocycles. The summed E-state index contributed by atoms with van der Waals surface area (Å²) in [6, 6.07) is 7.92. The first kappa shape index (κ1) is 19.2. The second-order valence-electron chi connectivity index (χ2n) is 6.73. The molecule has 2 heterocycles. The number of thioether (sulfide) groups is 1. The Balaban J connectivity index is 1.82. The SMILES string of the molecule is CCn1cc(/C=C2\SC(=O)N(CC(=O)OCC(C)C)C2=O)c2ccccc21. The van der Waals surface area contributed by atoms with Gasteiger partial charge in [0, 0.05) is 29.2 Å². The first-order chi connectivity index (χ1) is 12.9. The zero-order valence-corrected chi connectivity index (χ0v) is 16.4. The molecule has 0 saturated carbocycles. The Labute approximate surface area is 162 Å². The maximum absolute atomic E-state index is 12.6. The minimum Gasteiger partial charge on any atom is -0.464 e. The van der Waals surface area contributed by atoms with Gasteiger partial charge in [-0.15, -0.1) is 0 Å². The third-order valence-electron chi connectivity index (χ3n) is 4.19. The summed E-state index contributed by atoms with van der Waals surface area (Å²) < 4.78 is 7.17. The summed E-state index contributed by atoms with van der Waals surface area (Å²) in [6.07, 6.45) is 3.69. The molecule has 1 aromatic carbocycles. The highest BCUT2D eigenvalue weighted by Crippen LogP contribution is 2.34. The second-order valence-corrected chi connectivity index (χ2v) is 7.73. The predicted octanol–water partition coefficient (Wildman–Crippen LogP) is 3.90. The Morgan fingerprint density at radius 1 is 1.26 bits per heavy atom. The van der Waals surface area contributed by atoms with Gasteiger partial charge in [-0.05, 0) is 36.7 Å². The number of hydrogen-bond donors (Lipinski definition) is 0. The minimum absolute atomic E-state index is 0.194. The molecule has 1 aliphatic rings. The molecular weight excluding hydrogens is 364 g/mol. The standard InChI is InChI=1S/C20H22N2O4S/c1-4-21-10-14(15-7-5-6-8-16(15)21)9-17-19(24)22(20(25)27-17)11-18(23)26-12-13(2)3/h5-10,13H,4,11-12H2,1-3H3/b17-9-. The number of aryl methyl sites for hydroxylation is 1. The first-order valence-electron chi connectivity index (χ1n) is 8.89. The van der Waals surface area contributed by atoms with E-state index in [0.29, 0.717) is 4.91 Å². The van der Waals surface area contributed by atoms with Gasteiger partial charge in [-0.25, -0.2) is 0 Å². The summed E-state index contributed by atoms with van der Waals surface area (Å²) in [5.41, 5.74) is 1.95. The number of hydrogen-bond acceptors (Lipinski definition) is 5. The molecule has 27 heavy (non-hydrogen) atoms. The molecular formula is C20H22N2O4S. The zero-order valence-electron chi connectivity index (χ0n) is 15.6. The van der Waals surface area contributed by atoms with Gasteiger partial charge in [0.2, 0.25) is 0 Å². The molecule has 0 spiro atoms. The molecule has 3 rings (SSSR count). The van der Waals surface area contributed by atoms with Gasteiger partial charge < -0.3 is 9.30 Å². The van der Waals surface area contributed by atoms with E-state index in [1.807, 2.05) is 51.2 Å². The topological polar surface area (TPSA) is 68.6 Å². The van der Waals surface area contributed by atoms with Crippen molar-refractivity contribution in [3.05, 3.63) is 40.9 Å². The summed E-state index contributed by atoms with van der Waals surface area (Å²) in [5, 5.41) is 0.564. The van der Waals surface area contributed by atoms with Crippen LogP contribution in [0.1, 0.15) is 26.3 Å².